The summed E-state index contributed by atoms with van der Waals surface area (Å²) < 4.78 is 24.3. The van der Waals surface area contributed by atoms with E-state index in [1.54, 1.807) is 12.1 Å². The zero-order valence-corrected chi connectivity index (χ0v) is 15.6. The van der Waals surface area contributed by atoms with Gasteiger partial charge in [0.25, 0.3) is 0 Å². The molecule has 0 bridgehead atoms. The van der Waals surface area contributed by atoms with Gasteiger partial charge in [0.15, 0.2) is 0 Å². The average Bonchev–Trinajstić information content (AvgIpc) is 2.97. The van der Waals surface area contributed by atoms with Crippen LogP contribution in [0.25, 0.3) is 0 Å². The Morgan fingerprint density at radius 1 is 1.32 bits per heavy atom. The highest BCUT2D eigenvalue weighted by atomic mass is 79.9. The highest BCUT2D eigenvalue weighted by Crippen LogP contribution is 2.19. The Labute approximate surface area is 152 Å². The van der Waals surface area contributed by atoms with E-state index in [1.165, 1.54) is 0 Å². The molecule has 0 radical (unpaired) electrons. The number of rotatable bonds is 6. The monoisotopic (exact) mass is 429 g/mol. The van der Waals surface area contributed by atoms with E-state index in [0.29, 0.717) is 5.69 Å². The minimum absolute atomic E-state index is 0.191. The number of aryl methyl sites for hydroxylation is 1. The Hall–Kier alpha value is -2.24. The van der Waals surface area contributed by atoms with Gasteiger partial charge in [0.1, 0.15) is 11.4 Å². The van der Waals surface area contributed by atoms with Crippen LogP contribution in [0, 0.1) is 6.92 Å². The first-order valence-electron chi connectivity index (χ1n) is 7.03. The molecule has 0 saturated carbocycles. The molecule has 0 aliphatic carbocycles. The van der Waals surface area contributed by atoms with Crippen LogP contribution in [0.4, 0.5) is 5.69 Å². The Morgan fingerprint density at radius 2 is 2.04 bits per heavy atom. The molecule has 0 saturated heterocycles. The Kier molecular flexibility index (Phi) is 5.93. The lowest BCUT2D eigenvalue weighted by Crippen LogP contribution is -2.35. The summed E-state index contributed by atoms with van der Waals surface area (Å²) in [6.45, 7) is 1.39. The van der Waals surface area contributed by atoms with Crippen molar-refractivity contribution < 1.29 is 18.0 Å². The molecule has 134 valence electrons. The first-order valence-corrected chi connectivity index (χ1v) is 9.37. The largest absolute Gasteiger partial charge is 0.345 e. The van der Waals surface area contributed by atoms with Gasteiger partial charge in [0, 0.05) is 16.4 Å². The summed E-state index contributed by atoms with van der Waals surface area (Å²) in [7, 11) is -3.87. The fourth-order valence-electron chi connectivity index (χ4n) is 1.92. The first-order chi connectivity index (χ1) is 11.6. The number of hydrogen-bond acceptors (Lipinski definition) is 5. The number of halogens is 1. The molecule has 1 aromatic heterocycles. The molecule has 2 rings (SSSR count). The fourth-order valence-corrected chi connectivity index (χ4v) is 2.86. The molecule has 1 heterocycles. The second kappa shape index (κ2) is 7.76. The molecule has 9 nitrogen and oxygen atoms in total. The van der Waals surface area contributed by atoms with Crippen molar-refractivity contribution in [1.29, 1.82) is 0 Å². The number of carbonyl (C=O) groups excluding carboxylic acids is 2. The third-order valence-corrected chi connectivity index (χ3v) is 4.51. The third kappa shape index (κ3) is 5.66. The highest BCUT2D eigenvalue weighted by molar-refractivity contribution is 9.10. The number of carbonyl (C=O) groups is 2. The maximum atomic E-state index is 11.9. The Bertz CT molecular complexity index is 910. The van der Waals surface area contributed by atoms with Gasteiger partial charge in [-0.15, -0.1) is 0 Å². The minimum Gasteiger partial charge on any atom is -0.345 e. The van der Waals surface area contributed by atoms with E-state index < -0.39 is 15.9 Å². The summed E-state index contributed by atoms with van der Waals surface area (Å²) in [5.74, 6) is -0.879. The average molecular weight is 430 g/mol. The summed E-state index contributed by atoms with van der Waals surface area (Å²) in [6.07, 6.45) is 2.19. The van der Waals surface area contributed by atoms with Crippen LogP contribution < -0.4 is 15.8 Å². The molecule has 1 aromatic carbocycles. The van der Waals surface area contributed by atoms with Gasteiger partial charge in [-0.3, -0.25) is 14.3 Å². The van der Waals surface area contributed by atoms with Crippen molar-refractivity contribution in [3.05, 3.63) is 40.6 Å². The van der Waals surface area contributed by atoms with Gasteiger partial charge in [-0.05, 0) is 30.7 Å². The van der Waals surface area contributed by atoms with Gasteiger partial charge in [-0.2, -0.15) is 5.10 Å². The molecule has 2 amide bonds. The molecule has 0 fully saturated rings. The number of amides is 2. The fraction of sp³-hybridized carbons (Fsp3) is 0.214. The van der Waals surface area contributed by atoms with Gasteiger partial charge in [-0.1, -0.05) is 15.9 Å². The maximum absolute atomic E-state index is 11.9. The predicted octanol–water partition coefficient (Wildman–Crippen LogP) is 0.356. The second-order valence-corrected chi connectivity index (χ2v) is 7.68. The van der Waals surface area contributed by atoms with Crippen molar-refractivity contribution in [3.8, 4) is 0 Å². The lowest BCUT2D eigenvalue weighted by Gasteiger charge is -2.09. The van der Waals surface area contributed by atoms with Crippen LogP contribution in [-0.4, -0.2) is 36.6 Å². The summed E-state index contributed by atoms with van der Waals surface area (Å²) in [4.78, 5) is 23.5. The highest BCUT2D eigenvalue weighted by Gasteiger charge is 2.13. The van der Waals surface area contributed by atoms with E-state index in [0.717, 1.165) is 27.1 Å². The van der Waals surface area contributed by atoms with Crippen molar-refractivity contribution >= 4 is 43.5 Å². The van der Waals surface area contributed by atoms with Gasteiger partial charge >= 0.3 is 0 Å². The summed E-state index contributed by atoms with van der Waals surface area (Å²) in [5.41, 5.74) is 1.52. The molecular weight excluding hydrogens is 414 g/mol. The topological polar surface area (TPSA) is 136 Å². The summed E-state index contributed by atoms with van der Waals surface area (Å²) >= 11 is 3.33. The van der Waals surface area contributed by atoms with Gasteiger partial charge < -0.3 is 10.6 Å². The number of aromatic nitrogens is 2. The smallest absolute Gasteiger partial charge is 0.243 e. The molecular formula is C14H16BrN5O4S. The SMILES string of the molecule is Cc1cc(Br)ccc1NC(=O)CNC(=O)Cn1cc(S(N)(=O)=O)cn1. The number of benzene rings is 1. The molecule has 0 aliphatic rings. The van der Waals surface area contributed by atoms with Crippen LogP contribution in [0.1, 0.15) is 5.56 Å². The molecule has 0 aliphatic heterocycles. The second-order valence-electron chi connectivity index (χ2n) is 5.20. The van der Waals surface area contributed by atoms with Crippen molar-refractivity contribution in [2.24, 2.45) is 5.14 Å². The molecule has 2 aromatic rings. The van der Waals surface area contributed by atoms with E-state index in [4.69, 9.17) is 5.14 Å². The number of nitrogens with one attached hydrogen (secondary N) is 2. The first kappa shape index (κ1) is 19.1. The normalized spacial score (nSPS) is 11.2. The van der Waals surface area contributed by atoms with E-state index in [1.807, 2.05) is 13.0 Å². The van der Waals surface area contributed by atoms with E-state index in [-0.39, 0.29) is 23.9 Å². The zero-order valence-electron chi connectivity index (χ0n) is 13.2. The third-order valence-electron chi connectivity index (χ3n) is 3.15. The standard InChI is InChI=1S/C14H16BrN5O4S/c1-9-4-10(15)2-3-12(9)19-13(21)6-17-14(22)8-20-7-11(5-18-20)25(16,23)24/h2-5,7H,6,8H2,1H3,(H,17,22)(H,19,21)(H2,16,23,24). The number of nitrogens with two attached hydrogens (primary N) is 1. The van der Waals surface area contributed by atoms with Crippen LogP contribution in [-0.2, 0) is 26.2 Å². The predicted molar refractivity (Wildman–Crippen MR) is 94.1 cm³/mol. The van der Waals surface area contributed by atoms with Crippen LogP contribution in [0.2, 0.25) is 0 Å². The van der Waals surface area contributed by atoms with Crippen LogP contribution in [0.3, 0.4) is 0 Å². The van der Waals surface area contributed by atoms with E-state index in [2.05, 4.69) is 31.7 Å². The summed E-state index contributed by atoms with van der Waals surface area (Å²) in [6, 6.07) is 5.40. The van der Waals surface area contributed by atoms with Crippen molar-refractivity contribution in [2.75, 3.05) is 11.9 Å². The minimum atomic E-state index is -3.87. The van der Waals surface area contributed by atoms with Crippen molar-refractivity contribution in [3.63, 3.8) is 0 Å². The number of hydrogen-bond donors (Lipinski definition) is 3. The number of nitrogens with zero attached hydrogens (tertiary/aromatic N) is 2. The summed E-state index contributed by atoms with van der Waals surface area (Å²) in [5, 5.41) is 13.8. The van der Waals surface area contributed by atoms with Crippen LogP contribution in [0.5, 0.6) is 0 Å². The van der Waals surface area contributed by atoms with E-state index >= 15 is 0 Å². The molecule has 0 atom stereocenters. The molecule has 4 N–H and O–H groups in total. The van der Waals surface area contributed by atoms with Crippen molar-refractivity contribution in [1.82, 2.24) is 15.1 Å². The molecule has 25 heavy (non-hydrogen) atoms. The zero-order chi connectivity index (χ0) is 18.6. The number of anilines is 1. The Morgan fingerprint density at radius 3 is 2.64 bits per heavy atom. The van der Waals surface area contributed by atoms with Gasteiger partial charge in [0.2, 0.25) is 21.8 Å². The Balaban J connectivity index is 1.85. The lowest BCUT2D eigenvalue weighted by atomic mass is 10.2. The number of sulfonamides is 1. The van der Waals surface area contributed by atoms with Gasteiger partial charge in [-0.25, -0.2) is 13.6 Å². The van der Waals surface area contributed by atoms with Crippen molar-refractivity contribution in [2.45, 2.75) is 18.4 Å². The number of primary sulfonamides is 1. The molecule has 11 heteroatoms. The van der Waals surface area contributed by atoms with Crippen LogP contribution in [0.15, 0.2) is 40.0 Å². The lowest BCUT2D eigenvalue weighted by molar-refractivity contribution is -0.124. The van der Waals surface area contributed by atoms with Gasteiger partial charge in [0.05, 0.1) is 12.7 Å². The molecule has 0 spiro atoms. The molecule has 0 unspecified atom stereocenters. The van der Waals surface area contributed by atoms with Crippen LogP contribution >= 0.6 is 15.9 Å². The van der Waals surface area contributed by atoms with E-state index in [9.17, 15) is 18.0 Å². The quantitative estimate of drug-likeness (QED) is 0.608. The maximum Gasteiger partial charge on any atom is 0.243 e.